The number of nitrogens with one attached hydrogen (secondary N) is 2. The van der Waals surface area contributed by atoms with Crippen molar-refractivity contribution in [3.05, 3.63) is 71.2 Å². The van der Waals surface area contributed by atoms with Gasteiger partial charge < -0.3 is 5.32 Å². The number of aryl methyl sites for hydroxylation is 1. The van der Waals surface area contributed by atoms with Crippen molar-refractivity contribution in [3.63, 3.8) is 0 Å². The normalized spacial score (nSPS) is 10.5. The topological polar surface area (TPSA) is 59.0 Å². The zero-order valence-corrected chi connectivity index (χ0v) is 14.6. The first-order valence-electron chi connectivity index (χ1n) is 8.00. The molecule has 25 heavy (non-hydrogen) atoms. The molecule has 0 saturated heterocycles. The summed E-state index contributed by atoms with van der Waals surface area (Å²) >= 11 is 5.86. The number of urea groups is 1. The van der Waals surface area contributed by atoms with Crippen LogP contribution in [-0.4, -0.2) is 22.4 Å². The van der Waals surface area contributed by atoms with E-state index in [4.69, 9.17) is 11.6 Å². The molecule has 2 N–H and O–H groups in total. The third kappa shape index (κ3) is 4.61. The minimum atomic E-state index is -0.272. The van der Waals surface area contributed by atoms with E-state index >= 15 is 0 Å². The highest BCUT2D eigenvalue weighted by atomic mass is 35.5. The van der Waals surface area contributed by atoms with Crippen molar-refractivity contribution < 1.29 is 4.79 Å². The predicted molar refractivity (Wildman–Crippen MR) is 101 cm³/mol. The van der Waals surface area contributed by atoms with Crippen molar-refractivity contribution in [2.24, 2.45) is 7.05 Å². The van der Waals surface area contributed by atoms with Gasteiger partial charge in [-0.05, 0) is 29.7 Å². The lowest BCUT2D eigenvalue weighted by molar-refractivity contribution is 0.252. The Morgan fingerprint density at radius 1 is 1.12 bits per heavy atom. The number of hydrogen-bond acceptors (Lipinski definition) is 2. The quantitative estimate of drug-likeness (QED) is 0.724. The SMILES string of the molecule is Cn1nc(NC(=O)NCCc2ccc(Cl)cc2)cc1-c1ccccc1. The maximum Gasteiger partial charge on any atom is 0.320 e. The maximum atomic E-state index is 12.0. The highest BCUT2D eigenvalue weighted by Crippen LogP contribution is 2.21. The Morgan fingerprint density at radius 3 is 2.56 bits per heavy atom. The van der Waals surface area contributed by atoms with E-state index < -0.39 is 0 Å². The van der Waals surface area contributed by atoms with E-state index in [0.29, 0.717) is 17.4 Å². The third-order valence-electron chi connectivity index (χ3n) is 3.80. The molecule has 6 heteroatoms. The number of aromatic nitrogens is 2. The van der Waals surface area contributed by atoms with E-state index in [0.717, 1.165) is 23.2 Å². The fraction of sp³-hybridized carbons (Fsp3) is 0.158. The Balaban J connectivity index is 1.54. The predicted octanol–water partition coefficient (Wildman–Crippen LogP) is 4.10. The van der Waals surface area contributed by atoms with Gasteiger partial charge in [0.05, 0.1) is 5.69 Å². The van der Waals surface area contributed by atoms with E-state index in [2.05, 4.69) is 15.7 Å². The molecule has 0 aliphatic rings. The molecule has 0 aliphatic heterocycles. The Hall–Kier alpha value is -2.79. The van der Waals surface area contributed by atoms with Crippen LogP contribution in [0.2, 0.25) is 5.02 Å². The summed E-state index contributed by atoms with van der Waals surface area (Å²) in [6, 6.07) is 19.1. The van der Waals surface area contributed by atoms with E-state index in [1.54, 1.807) is 4.68 Å². The van der Waals surface area contributed by atoms with Gasteiger partial charge in [-0.25, -0.2) is 4.79 Å². The molecule has 3 rings (SSSR count). The number of rotatable bonds is 5. The zero-order chi connectivity index (χ0) is 17.6. The van der Waals surface area contributed by atoms with Crippen molar-refractivity contribution in [2.45, 2.75) is 6.42 Å². The average Bonchev–Trinajstić information content (AvgIpc) is 2.97. The Labute approximate surface area is 151 Å². The van der Waals surface area contributed by atoms with E-state index in [1.807, 2.05) is 67.7 Å². The summed E-state index contributed by atoms with van der Waals surface area (Å²) in [5.41, 5.74) is 3.11. The highest BCUT2D eigenvalue weighted by molar-refractivity contribution is 6.30. The highest BCUT2D eigenvalue weighted by Gasteiger charge is 2.09. The molecule has 2 aromatic carbocycles. The first kappa shape index (κ1) is 17.0. The van der Waals surface area contributed by atoms with Crippen LogP contribution in [0.15, 0.2) is 60.7 Å². The molecule has 0 bridgehead atoms. The number of amides is 2. The molecule has 5 nitrogen and oxygen atoms in total. The van der Waals surface area contributed by atoms with Crippen LogP contribution in [0.1, 0.15) is 5.56 Å². The standard InChI is InChI=1S/C19H19ClN4O/c1-24-17(15-5-3-2-4-6-15)13-18(23-24)22-19(25)21-12-11-14-7-9-16(20)10-8-14/h2-10,13H,11-12H2,1H3,(H2,21,22,23,25). The second-order valence-corrected chi connectivity index (χ2v) is 6.10. The summed E-state index contributed by atoms with van der Waals surface area (Å²) in [5, 5.41) is 10.6. The summed E-state index contributed by atoms with van der Waals surface area (Å²) in [6.07, 6.45) is 0.738. The van der Waals surface area contributed by atoms with Crippen LogP contribution in [0.25, 0.3) is 11.3 Å². The zero-order valence-electron chi connectivity index (χ0n) is 13.9. The number of hydrogen-bond donors (Lipinski definition) is 2. The average molecular weight is 355 g/mol. The molecule has 1 aromatic heterocycles. The molecule has 0 spiro atoms. The fourth-order valence-corrected chi connectivity index (χ4v) is 2.67. The first-order chi connectivity index (χ1) is 12.1. The number of carbonyl (C=O) groups excluding carboxylic acids is 1. The van der Waals surface area contributed by atoms with Crippen molar-refractivity contribution in [2.75, 3.05) is 11.9 Å². The Morgan fingerprint density at radius 2 is 1.84 bits per heavy atom. The fourth-order valence-electron chi connectivity index (χ4n) is 2.54. The summed E-state index contributed by atoms with van der Waals surface area (Å²) in [7, 11) is 1.85. The van der Waals surface area contributed by atoms with Crippen LogP contribution in [0.3, 0.4) is 0 Å². The van der Waals surface area contributed by atoms with Crippen molar-refractivity contribution in [1.29, 1.82) is 0 Å². The molecule has 2 amide bonds. The van der Waals surface area contributed by atoms with Gasteiger partial charge in [-0.1, -0.05) is 54.1 Å². The van der Waals surface area contributed by atoms with Crippen LogP contribution in [0, 0.1) is 0 Å². The van der Waals surface area contributed by atoms with Crippen molar-refractivity contribution in [3.8, 4) is 11.3 Å². The van der Waals surface area contributed by atoms with Gasteiger partial charge in [-0.3, -0.25) is 10.00 Å². The smallest absolute Gasteiger partial charge is 0.320 e. The second-order valence-electron chi connectivity index (χ2n) is 5.66. The van der Waals surface area contributed by atoms with E-state index in [9.17, 15) is 4.79 Å². The van der Waals surface area contributed by atoms with Gasteiger partial charge in [-0.2, -0.15) is 5.10 Å². The molecule has 3 aromatic rings. The van der Waals surface area contributed by atoms with Crippen LogP contribution in [-0.2, 0) is 13.5 Å². The molecule has 0 atom stereocenters. The first-order valence-corrected chi connectivity index (χ1v) is 8.38. The molecule has 0 saturated carbocycles. The third-order valence-corrected chi connectivity index (χ3v) is 4.06. The lowest BCUT2D eigenvalue weighted by Crippen LogP contribution is -2.30. The van der Waals surface area contributed by atoms with Gasteiger partial charge in [-0.15, -0.1) is 0 Å². The maximum absolute atomic E-state index is 12.0. The molecule has 0 aliphatic carbocycles. The van der Waals surface area contributed by atoms with Gasteiger partial charge in [0.25, 0.3) is 0 Å². The van der Waals surface area contributed by atoms with Gasteiger partial charge in [0.2, 0.25) is 0 Å². The lowest BCUT2D eigenvalue weighted by Gasteiger charge is -2.05. The molecule has 0 unspecified atom stereocenters. The van der Waals surface area contributed by atoms with Crippen LogP contribution < -0.4 is 10.6 Å². The summed E-state index contributed by atoms with van der Waals surface area (Å²) < 4.78 is 1.75. The molecular weight excluding hydrogens is 336 g/mol. The lowest BCUT2D eigenvalue weighted by atomic mass is 10.1. The number of carbonyl (C=O) groups is 1. The largest absolute Gasteiger partial charge is 0.337 e. The summed E-state index contributed by atoms with van der Waals surface area (Å²) in [6.45, 7) is 0.534. The number of benzene rings is 2. The molecule has 0 radical (unpaired) electrons. The molecule has 0 fully saturated rings. The van der Waals surface area contributed by atoms with Crippen LogP contribution in [0.5, 0.6) is 0 Å². The minimum Gasteiger partial charge on any atom is -0.337 e. The summed E-state index contributed by atoms with van der Waals surface area (Å²) in [4.78, 5) is 12.0. The summed E-state index contributed by atoms with van der Waals surface area (Å²) in [5.74, 6) is 0.519. The number of halogens is 1. The van der Waals surface area contributed by atoms with Crippen molar-refractivity contribution >= 4 is 23.4 Å². The van der Waals surface area contributed by atoms with Gasteiger partial charge in [0.15, 0.2) is 5.82 Å². The molecule has 1 heterocycles. The number of anilines is 1. The van der Waals surface area contributed by atoms with E-state index in [1.165, 1.54) is 0 Å². The Kier molecular flexibility index (Phi) is 5.36. The monoisotopic (exact) mass is 354 g/mol. The molecule has 128 valence electrons. The number of nitrogens with zero attached hydrogens (tertiary/aromatic N) is 2. The van der Waals surface area contributed by atoms with Gasteiger partial charge in [0, 0.05) is 24.7 Å². The molecular formula is C19H19ClN4O. The van der Waals surface area contributed by atoms with Gasteiger partial charge in [0.1, 0.15) is 0 Å². The van der Waals surface area contributed by atoms with E-state index in [-0.39, 0.29) is 6.03 Å². The Bertz CT molecular complexity index is 844. The van der Waals surface area contributed by atoms with Crippen LogP contribution in [0.4, 0.5) is 10.6 Å². The van der Waals surface area contributed by atoms with Crippen molar-refractivity contribution in [1.82, 2.24) is 15.1 Å². The minimum absolute atomic E-state index is 0.272. The second kappa shape index (κ2) is 7.85. The van der Waals surface area contributed by atoms with Crippen LogP contribution >= 0.6 is 11.6 Å². The van der Waals surface area contributed by atoms with Gasteiger partial charge >= 0.3 is 6.03 Å².